The van der Waals surface area contributed by atoms with Gasteiger partial charge in [-0.3, -0.25) is 0 Å². The largest absolute Gasteiger partial charge is 0.310 e. The molecule has 0 saturated heterocycles. The van der Waals surface area contributed by atoms with Crippen LogP contribution in [0.3, 0.4) is 0 Å². The average molecular weight is 950 g/mol. The van der Waals surface area contributed by atoms with E-state index < -0.39 is 10.8 Å². The van der Waals surface area contributed by atoms with Crippen LogP contribution in [0, 0.1) is 0 Å². The number of benzene rings is 12. The fourth-order valence-corrected chi connectivity index (χ4v) is 14.3. The molecule has 12 aromatic carbocycles. The van der Waals surface area contributed by atoms with Gasteiger partial charge in [-0.15, -0.1) is 0 Å². The van der Waals surface area contributed by atoms with Crippen molar-refractivity contribution in [2.75, 3.05) is 4.90 Å². The van der Waals surface area contributed by atoms with Gasteiger partial charge in [0.2, 0.25) is 0 Å². The van der Waals surface area contributed by atoms with Crippen molar-refractivity contribution >= 4 is 17.1 Å². The van der Waals surface area contributed by atoms with Crippen molar-refractivity contribution in [2.24, 2.45) is 0 Å². The van der Waals surface area contributed by atoms with Gasteiger partial charge in [-0.2, -0.15) is 0 Å². The Hall–Kier alpha value is -9.56. The number of hydrogen-bond acceptors (Lipinski definition) is 1. The molecule has 1 heteroatoms. The standard InChI is InChI=1S/C74H47N/c1-2-20-48(21-3-1)49-42-44-52(45-43-49)75(53-24-16-22-50(46-53)55-32-18-40-69-71(55)61-30-8-14-38-67(61)73(69)63-34-10-4-26-57(63)58-27-5-11-35-64(58)73)54-25-17-23-51(47-54)56-33-19-41-70-72(56)62-31-9-15-39-68(62)74(70)65-36-12-6-28-59(65)60-29-7-13-37-66(60)74/h1-47H. The first-order chi connectivity index (χ1) is 37.2. The first kappa shape index (κ1) is 42.0. The smallest absolute Gasteiger partial charge is 0.0725 e. The summed E-state index contributed by atoms with van der Waals surface area (Å²) >= 11 is 0. The van der Waals surface area contributed by atoms with Gasteiger partial charge in [0.25, 0.3) is 0 Å². The third-order valence-corrected chi connectivity index (χ3v) is 17.1. The molecule has 16 rings (SSSR count). The van der Waals surface area contributed by atoms with E-state index >= 15 is 0 Å². The molecule has 0 aromatic heterocycles. The van der Waals surface area contributed by atoms with Crippen molar-refractivity contribution < 1.29 is 0 Å². The first-order valence-electron chi connectivity index (χ1n) is 26.2. The van der Waals surface area contributed by atoms with Crippen molar-refractivity contribution in [3.63, 3.8) is 0 Å². The SMILES string of the molecule is c1ccc(-c2ccc(N(c3cccc(-c4cccc5c4-c4ccccc4C54c5ccccc5-c5ccccc54)c3)c3cccc(-c4cccc5c4-c4ccccc4C54c5ccccc5-c5ccccc54)c3)cc2)cc1. The molecule has 2 spiro atoms. The summed E-state index contributed by atoms with van der Waals surface area (Å²) in [5, 5.41) is 0. The van der Waals surface area contributed by atoms with Crippen LogP contribution >= 0.6 is 0 Å². The second-order valence-corrected chi connectivity index (χ2v) is 20.6. The molecule has 0 fully saturated rings. The van der Waals surface area contributed by atoms with Crippen molar-refractivity contribution in [3.8, 4) is 77.9 Å². The number of rotatable bonds is 6. The zero-order valence-electron chi connectivity index (χ0n) is 41.1. The molecule has 0 N–H and O–H groups in total. The zero-order valence-corrected chi connectivity index (χ0v) is 41.1. The summed E-state index contributed by atoms with van der Waals surface area (Å²) in [7, 11) is 0. The van der Waals surface area contributed by atoms with Gasteiger partial charge in [0, 0.05) is 17.1 Å². The Bertz CT molecular complexity index is 3980. The molecule has 1 nitrogen and oxygen atoms in total. The van der Waals surface area contributed by atoms with Crippen LogP contribution in [0.25, 0.3) is 77.9 Å². The van der Waals surface area contributed by atoms with Gasteiger partial charge < -0.3 is 4.90 Å². The minimum atomic E-state index is -0.415. The maximum absolute atomic E-state index is 2.45. The number of nitrogens with zero attached hydrogens (tertiary/aromatic N) is 1. The Balaban J connectivity index is 0.878. The Kier molecular flexibility index (Phi) is 8.94. The van der Waals surface area contributed by atoms with E-state index in [2.05, 4.69) is 290 Å². The van der Waals surface area contributed by atoms with Gasteiger partial charge in [-0.1, -0.05) is 249 Å². The molecule has 0 amide bonds. The lowest BCUT2D eigenvalue weighted by atomic mass is 9.70. The zero-order chi connectivity index (χ0) is 49.2. The predicted octanol–water partition coefficient (Wildman–Crippen LogP) is 18.8. The maximum atomic E-state index is 2.45. The highest BCUT2D eigenvalue weighted by Gasteiger charge is 2.53. The van der Waals surface area contributed by atoms with Gasteiger partial charge in [0.05, 0.1) is 10.8 Å². The van der Waals surface area contributed by atoms with E-state index in [9.17, 15) is 0 Å². The van der Waals surface area contributed by atoms with Crippen LogP contribution in [0.4, 0.5) is 17.1 Å². The minimum absolute atomic E-state index is 0.415. The van der Waals surface area contributed by atoms with Crippen LogP contribution < -0.4 is 4.90 Å². The molecule has 0 heterocycles. The summed E-state index contributed by atoms with van der Waals surface area (Å²) in [6, 6.07) is 107. The molecule has 4 aliphatic carbocycles. The lowest BCUT2D eigenvalue weighted by Crippen LogP contribution is -2.25. The number of hydrogen-bond donors (Lipinski definition) is 0. The summed E-state index contributed by atoms with van der Waals surface area (Å²) in [5.74, 6) is 0. The molecule has 0 aliphatic heterocycles. The Morgan fingerprint density at radius 3 is 0.893 bits per heavy atom. The second-order valence-electron chi connectivity index (χ2n) is 20.6. The van der Waals surface area contributed by atoms with Gasteiger partial charge in [0.15, 0.2) is 0 Å². The van der Waals surface area contributed by atoms with Gasteiger partial charge in [-0.25, -0.2) is 0 Å². The van der Waals surface area contributed by atoms with E-state index in [1.54, 1.807) is 0 Å². The Morgan fingerprint density at radius 2 is 0.480 bits per heavy atom. The molecular formula is C74H47N. The molecule has 0 unspecified atom stereocenters. The molecular weight excluding hydrogens is 903 g/mol. The highest BCUT2D eigenvalue weighted by atomic mass is 15.1. The molecule has 348 valence electrons. The van der Waals surface area contributed by atoms with Gasteiger partial charge in [-0.05, 0) is 159 Å². The topological polar surface area (TPSA) is 3.24 Å². The highest BCUT2D eigenvalue weighted by molar-refractivity contribution is 6.02. The summed E-state index contributed by atoms with van der Waals surface area (Å²) < 4.78 is 0. The molecule has 0 radical (unpaired) electrons. The van der Waals surface area contributed by atoms with Crippen molar-refractivity contribution in [2.45, 2.75) is 10.8 Å². The van der Waals surface area contributed by atoms with E-state index in [4.69, 9.17) is 0 Å². The van der Waals surface area contributed by atoms with Crippen molar-refractivity contribution in [1.29, 1.82) is 0 Å². The van der Waals surface area contributed by atoms with E-state index in [0.717, 1.165) is 17.1 Å². The summed E-state index contributed by atoms with van der Waals surface area (Å²) in [5.41, 5.74) is 30.9. The van der Waals surface area contributed by atoms with E-state index in [1.807, 2.05) is 0 Å². The molecule has 0 saturated carbocycles. The lowest BCUT2D eigenvalue weighted by molar-refractivity contribution is 0.794. The molecule has 0 atom stereocenters. The van der Waals surface area contributed by atoms with Crippen LogP contribution in [0.15, 0.2) is 285 Å². The van der Waals surface area contributed by atoms with E-state index in [0.29, 0.717) is 0 Å². The Morgan fingerprint density at radius 1 is 0.187 bits per heavy atom. The Labute approximate surface area is 438 Å². The summed E-state index contributed by atoms with van der Waals surface area (Å²) in [6.07, 6.45) is 0. The lowest BCUT2D eigenvalue weighted by Gasteiger charge is -2.30. The number of anilines is 3. The first-order valence-corrected chi connectivity index (χ1v) is 26.2. The molecule has 12 aromatic rings. The van der Waals surface area contributed by atoms with E-state index in [1.165, 1.54) is 122 Å². The molecule has 75 heavy (non-hydrogen) atoms. The molecule has 4 aliphatic rings. The third-order valence-electron chi connectivity index (χ3n) is 17.1. The van der Waals surface area contributed by atoms with E-state index in [-0.39, 0.29) is 0 Å². The maximum Gasteiger partial charge on any atom is 0.0725 e. The monoisotopic (exact) mass is 949 g/mol. The third kappa shape index (κ3) is 5.67. The van der Waals surface area contributed by atoms with Gasteiger partial charge >= 0.3 is 0 Å². The van der Waals surface area contributed by atoms with Crippen molar-refractivity contribution in [1.82, 2.24) is 0 Å². The van der Waals surface area contributed by atoms with Gasteiger partial charge in [0.1, 0.15) is 0 Å². The highest BCUT2D eigenvalue weighted by Crippen LogP contribution is 2.66. The van der Waals surface area contributed by atoms with Crippen LogP contribution in [0.1, 0.15) is 44.5 Å². The fraction of sp³-hybridized carbons (Fsp3) is 0.0270. The summed E-state index contributed by atoms with van der Waals surface area (Å²) in [4.78, 5) is 2.45. The van der Waals surface area contributed by atoms with Crippen molar-refractivity contribution in [3.05, 3.63) is 330 Å². The summed E-state index contributed by atoms with van der Waals surface area (Å²) in [6.45, 7) is 0. The van der Waals surface area contributed by atoms with Crippen LogP contribution in [0.5, 0.6) is 0 Å². The predicted molar refractivity (Wildman–Crippen MR) is 310 cm³/mol. The van der Waals surface area contributed by atoms with Crippen LogP contribution in [-0.2, 0) is 10.8 Å². The average Bonchev–Trinajstić information content (AvgIpc) is 4.29. The quantitative estimate of drug-likeness (QED) is 0.161. The van der Waals surface area contributed by atoms with Crippen LogP contribution in [-0.4, -0.2) is 0 Å². The fourth-order valence-electron chi connectivity index (χ4n) is 14.3. The normalized spacial score (nSPS) is 13.8. The minimum Gasteiger partial charge on any atom is -0.310 e. The second kappa shape index (κ2) is 16.0. The molecule has 0 bridgehead atoms. The van der Waals surface area contributed by atoms with Crippen LogP contribution in [0.2, 0.25) is 0 Å². The number of fused-ring (bicyclic) bond motifs is 20.